The van der Waals surface area contributed by atoms with Crippen molar-refractivity contribution in [2.75, 3.05) is 5.32 Å². The second-order valence-corrected chi connectivity index (χ2v) is 8.65. The molecule has 1 aliphatic carbocycles. The number of hydrogen-bond donors (Lipinski definition) is 2. The zero-order valence-electron chi connectivity index (χ0n) is 18.2. The predicted octanol–water partition coefficient (Wildman–Crippen LogP) is 6.07. The minimum absolute atomic E-state index is 0.0183. The molecule has 36 heavy (non-hydrogen) atoms. The summed E-state index contributed by atoms with van der Waals surface area (Å²) >= 11 is 5.82. The number of hydrogen-bond acceptors (Lipinski definition) is 5. The van der Waals surface area contributed by atoms with Crippen LogP contribution in [0.15, 0.2) is 60.9 Å². The van der Waals surface area contributed by atoms with Gasteiger partial charge in [-0.3, -0.25) is 4.79 Å². The Hall–Kier alpha value is -3.99. The number of nitrogens with zero attached hydrogens (tertiary/aromatic N) is 4. The van der Waals surface area contributed by atoms with Crippen molar-refractivity contribution in [2.24, 2.45) is 5.92 Å². The van der Waals surface area contributed by atoms with E-state index >= 15 is 0 Å². The van der Waals surface area contributed by atoms with Crippen LogP contribution in [0.25, 0.3) is 16.9 Å². The van der Waals surface area contributed by atoms with Crippen molar-refractivity contribution in [2.45, 2.75) is 18.5 Å². The molecule has 2 heterocycles. The van der Waals surface area contributed by atoms with Gasteiger partial charge in [-0.2, -0.15) is 23.3 Å². The molecule has 2 aromatic heterocycles. The summed E-state index contributed by atoms with van der Waals surface area (Å²) in [6.07, 6.45) is -1.58. The monoisotopic (exact) mass is 517 g/mol. The summed E-state index contributed by atoms with van der Waals surface area (Å²) in [5.41, 5.74) is 1.03. The van der Waals surface area contributed by atoms with Gasteiger partial charge in [0.15, 0.2) is 11.5 Å². The molecule has 1 unspecified atom stereocenters. The third kappa shape index (κ3) is 4.74. The van der Waals surface area contributed by atoms with Crippen molar-refractivity contribution in [1.29, 1.82) is 0 Å². The van der Waals surface area contributed by atoms with Crippen molar-refractivity contribution in [3.63, 3.8) is 0 Å². The number of aromatic nitrogens is 4. The third-order valence-corrected chi connectivity index (χ3v) is 6.06. The Balaban J connectivity index is 1.56. The molecule has 4 aromatic rings. The van der Waals surface area contributed by atoms with Crippen LogP contribution >= 0.6 is 11.6 Å². The minimum Gasteiger partial charge on any atom is -0.481 e. The molecule has 1 aliphatic rings. The van der Waals surface area contributed by atoms with Crippen LogP contribution < -0.4 is 5.32 Å². The van der Waals surface area contributed by atoms with E-state index in [1.807, 2.05) is 6.07 Å². The van der Waals surface area contributed by atoms with Gasteiger partial charge in [0.05, 0.1) is 10.9 Å². The molecule has 0 spiro atoms. The molecule has 1 fully saturated rings. The van der Waals surface area contributed by atoms with Crippen LogP contribution in [0.4, 0.5) is 29.2 Å². The van der Waals surface area contributed by atoms with Crippen LogP contribution in [-0.2, 0) is 11.0 Å². The molecule has 2 atom stereocenters. The maximum atomic E-state index is 13.5. The summed E-state index contributed by atoms with van der Waals surface area (Å²) in [7, 11) is 0. The molecule has 12 heteroatoms. The highest BCUT2D eigenvalue weighted by molar-refractivity contribution is 6.31. The lowest BCUT2D eigenvalue weighted by Crippen LogP contribution is -2.10. The van der Waals surface area contributed by atoms with Gasteiger partial charge in [-0.25, -0.2) is 14.1 Å². The number of carboxylic acid groups (broad SMARTS) is 1. The molecule has 0 amide bonds. The molecule has 2 aromatic carbocycles. The van der Waals surface area contributed by atoms with Gasteiger partial charge in [-0.05, 0) is 47.7 Å². The number of nitrogens with one attached hydrogen (secondary N) is 1. The molecule has 2 N–H and O–H groups in total. The van der Waals surface area contributed by atoms with Crippen LogP contribution in [0, 0.1) is 11.7 Å². The summed E-state index contributed by atoms with van der Waals surface area (Å²) in [6, 6.07) is 11.8. The van der Waals surface area contributed by atoms with Gasteiger partial charge in [0, 0.05) is 23.6 Å². The van der Waals surface area contributed by atoms with Crippen LogP contribution in [0.1, 0.15) is 23.6 Å². The number of halogens is 5. The zero-order valence-corrected chi connectivity index (χ0v) is 18.9. The van der Waals surface area contributed by atoms with Gasteiger partial charge in [0.1, 0.15) is 5.82 Å². The molecule has 0 saturated heterocycles. The van der Waals surface area contributed by atoms with E-state index in [-0.39, 0.29) is 22.7 Å². The fourth-order valence-electron chi connectivity index (χ4n) is 3.88. The summed E-state index contributed by atoms with van der Waals surface area (Å²) in [5.74, 6) is -2.02. The largest absolute Gasteiger partial charge is 0.481 e. The first-order valence-electron chi connectivity index (χ1n) is 10.7. The van der Waals surface area contributed by atoms with E-state index in [0.717, 1.165) is 28.6 Å². The van der Waals surface area contributed by atoms with Crippen LogP contribution in [0.5, 0.6) is 0 Å². The predicted molar refractivity (Wildman–Crippen MR) is 123 cm³/mol. The quantitative estimate of drug-likeness (QED) is 0.301. The Morgan fingerprint density at radius 2 is 1.97 bits per heavy atom. The van der Waals surface area contributed by atoms with E-state index in [4.69, 9.17) is 11.6 Å². The van der Waals surface area contributed by atoms with E-state index < -0.39 is 29.6 Å². The lowest BCUT2D eigenvalue weighted by atomic mass is 10.0. The lowest BCUT2D eigenvalue weighted by molar-refractivity contribution is -0.141. The Morgan fingerprint density at radius 3 is 2.64 bits per heavy atom. The topological polar surface area (TPSA) is 92.9 Å². The second-order valence-electron chi connectivity index (χ2n) is 8.24. The number of benzene rings is 2. The molecular weight excluding hydrogens is 502 g/mol. The first-order chi connectivity index (χ1) is 17.1. The highest BCUT2D eigenvalue weighted by Gasteiger charge is 2.44. The minimum atomic E-state index is -4.65. The number of carboxylic acids is 1. The van der Waals surface area contributed by atoms with Crippen molar-refractivity contribution in [3.8, 4) is 16.9 Å². The average molecular weight is 518 g/mol. The van der Waals surface area contributed by atoms with E-state index in [0.29, 0.717) is 23.2 Å². The van der Waals surface area contributed by atoms with Gasteiger partial charge >= 0.3 is 12.1 Å². The Kier molecular flexibility index (Phi) is 5.87. The van der Waals surface area contributed by atoms with Crippen LogP contribution in [-0.4, -0.2) is 30.8 Å². The smallest absolute Gasteiger partial charge is 0.435 e. The van der Waals surface area contributed by atoms with E-state index in [1.54, 1.807) is 18.2 Å². The van der Waals surface area contributed by atoms with Crippen molar-refractivity contribution >= 4 is 29.2 Å². The van der Waals surface area contributed by atoms with Crippen molar-refractivity contribution in [1.82, 2.24) is 19.7 Å². The normalized spacial score (nSPS) is 17.1. The first-order valence-corrected chi connectivity index (χ1v) is 11.0. The number of anilines is 2. The summed E-state index contributed by atoms with van der Waals surface area (Å²) < 4.78 is 54.1. The highest BCUT2D eigenvalue weighted by atomic mass is 35.5. The fraction of sp³-hybridized carbons (Fsp3) is 0.167. The van der Waals surface area contributed by atoms with Crippen LogP contribution in [0.3, 0.4) is 0 Å². The van der Waals surface area contributed by atoms with Crippen molar-refractivity contribution in [3.05, 3.63) is 83.0 Å². The molecule has 5 rings (SSSR count). The summed E-state index contributed by atoms with van der Waals surface area (Å²) in [5, 5.41) is 15.6. The zero-order chi connectivity index (χ0) is 25.6. The number of rotatable bonds is 6. The fourth-order valence-corrected chi connectivity index (χ4v) is 4.06. The van der Waals surface area contributed by atoms with E-state index in [1.165, 1.54) is 18.3 Å². The van der Waals surface area contributed by atoms with Crippen LogP contribution in [0.2, 0.25) is 5.02 Å². The number of alkyl halides is 3. The molecule has 7 nitrogen and oxygen atoms in total. The van der Waals surface area contributed by atoms with Gasteiger partial charge in [0.2, 0.25) is 5.95 Å². The highest BCUT2D eigenvalue weighted by Crippen LogP contribution is 2.48. The maximum absolute atomic E-state index is 13.5. The van der Waals surface area contributed by atoms with E-state index in [2.05, 4.69) is 20.4 Å². The standard InChI is InChI=1S/C24H16ClF4N5O2/c25-18-9-14(4-5-19(18)26)31-23-30-11-17(21(32-23)34-7-6-20(33-34)24(27,28)29)13-3-1-2-12(8-13)15-10-16(15)22(35)36/h1-9,11,15-16H,10H2,(H,35,36)(H,30,31,32)/t15-,16?/m0/s1. The Bertz CT molecular complexity index is 1470. The summed E-state index contributed by atoms with van der Waals surface area (Å²) in [6.45, 7) is 0. The Labute approximate surface area is 206 Å². The SMILES string of the molecule is O=C(O)C1C[C@H]1c1cccc(-c2cnc(Nc3ccc(F)c(Cl)c3)nc2-n2ccc(C(F)(F)F)n2)c1. The lowest BCUT2D eigenvalue weighted by Gasteiger charge is -2.13. The molecule has 0 aliphatic heterocycles. The van der Waals surface area contributed by atoms with E-state index in [9.17, 15) is 27.5 Å². The van der Waals surface area contributed by atoms with Gasteiger partial charge in [-0.1, -0.05) is 35.9 Å². The second kappa shape index (κ2) is 8.90. The third-order valence-electron chi connectivity index (χ3n) is 5.77. The van der Waals surface area contributed by atoms with Gasteiger partial charge in [-0.15, -0.1) is 0 Å². The van der Waals surface area contributed by atoms with Gasteiger partial charge < -0.3 is 10.4 Å². The molecule has 0 bridgehead atoms. The Morgan fingerprint density at radius 1 is 1.17 bits per heavy atom. The average Bonchev–Trinajstić information content (AvgIpc) is 3.49. The summed E-state index contributed by atoms with van der Waals surface area (Å²) in [4.78, 5) is 19.9. The maximum Gasteiger partial charge on any atom is 0.435 e. The molecule has 184 valence electrons. The first kappa shape index (κ1) is 23.7. The molecule has 0 radical (unpaired) electrons. The number of aliphatic carboxylic acids is 1. The van der Waals surface area contributed by atoms with Gasteiger partial charge in [0.25, 0.3) is 0 Å². The van der Waals surface area contributed by atoms with Crippen molar-refractivity contribution < 1.29 is 27.5 Å². The number of carbonyl (C=O) groups is 1. The molecular formula is C24H16ClF4N5O2. The molecule has 1 saturated carbocycles.